The van der Waals surface area contributed by atoms with Gasteiger partial charge in [0.25, 0.3) is 0 Å². The fourth-order valence-corrected chi connectivity index (χ4v) is 11.4. The van der Waals surface area contributed by atoms with Gasteiger partial charge in [0.1, 0.15) is 0 Å². The van der Waals surface area contributed by atoms with Crippen LogP contribution in [0.1, 0.15) is 74.9 Å². The minimum absolute atomic E-state index is 0.0709. The van der Waals surface area contributed by atoms with Crippen LogP contribution in [0.2, 0.25) is 0 Å². The fraction of sp³-hybridized carbons (Fsp3) is 0.164. The second-order valence-corrected chi connectivity index (χ2v) is 19.1. The summed E-state index contributed by atoms with van der Waals surface area (Å²) in [4.78, 5) is 2.48. The van der Waals surface area contributed by atoms with Crippen LogP contribution in [-0.2, 0) is 16.2 Å². The van der Waals surface area contributed by atoms with Crippen molar-refractivity contribution in [1.82, 2.24) is 0 Å². The molecule has 57 heavy (non-hydrogen) atoms. The molecule has 0 atom stereocenters. The number of benzene rings is 8. The highest BCUT2D eigenvalue weighted by molar-refractivity contribution is 7.27. The molecule has 0 N–H and O–H groups in total. The van der Waals surface area contributed by atoms with Crippen LogP contribution in [0.4, 0.5) is 17.1 Å². The molecule has 2 aliphatic rings. The maximum Gasteiger partial charge on any atom is 0.0726 e. The molecular weight excluding hydrogens is 707 g/mol. The van der Waals surface area contributed by atoms with Gasteiger partial charge in [-0.05, 0) is 102 Å². The molecule has 0 saturated heterocycles. The van der Waals surface area contributed by atoms with E-state index in [1.807, 2.05) is 11.3 Å². The van der Waals surface area contributed by atoms with Gasteiger partial charge in [-0.25, -0.2) is 0 Å². The Kier molecular flexibility index (Phi) is 7.24. The predicted octanol–water partition coefficient (Wildman–Crippen LogP) is 15.6. The van der Waals surface area contributed by atoms with Crippen molar-refractivity contribution in [2.24, 2.45) is 0 Å². The molecule has 1 nitrogen and oxygen atoms in total. The Bertz CT molecular complexity index is 2970. The number of hydrogen-bond donors (Lipinski definition) is 0. The maximum absolute atomic E-state index is 2.48. The summed E-state index contributed by atoms with van der Waals surface area (Å²) in [6.07, 6.45) is 0. The molecule has 1 aromatic heterocycles. The van der Waals surface area contributed by atoms with Crippen LogP contribution < -0.4 is 4.90 Å². The lowest BCUT2D eigenvalue weighted by Gasteiger charge is -2.40. The number of nitrogens with zero attached hydrogens (tertiary/aromatic N) is 1. The molecule has 11 rings (SSSR count). The van der Waals surface area contributed by atoms with Crippen LogP contribution in [0.25, 0.3) is 53.2 Å². The minimum atomic E-state index is -0.431. The van der Waals surface area contributed by atoms with E-state index in [1.165, 1.54) is 92.3 Å². The molecule has 8 aromatic carbocycles. The normalized spacial score (nSPS) is 13.9. The van der Waals surface area contributed by atoms with Crippen molar-refractivity contribution in [3.8, 4) is 22.3 Å². The zero-order valence-electron chi connectivity index (χ0n) is 33.4. The highest BCUT2D eigenvalue weighted by Crippen LogP contribution is 2.63. The molecule has 1 spiro atoms. The third-order valence-corrected chi connectivity index (χ3v) is 14.1. The number of anilines is 3. The summed E-state index contributed by atoms with van der Waals surface area (Å²) in [6, 6.07) is 62.4. The second-order valence-electron chi connectivity index (χ2n) is 18.1. The zero-order chi connectivity index (χ0) is 38.8. The van der Waals surface area contributed by atoms with Crippen molar-refractivity contribution in [2.75, 3.05) is 4.90 Å². The van der Waals surface area contributed by atoms with Crippen LogP contribution in [0, 0.1) is 0 Å². The lowest BCUT2D eigenvalue weighted by atomic mass is 9.61. The highest BCUT2D eigenvalue weighted by atomic mass is 32.1. The number of hydrogen-bond acceptors (Lipinski definition) is 2. The van der Waals surface area contributed by atoms with Crippen LogP contribution in [-0.4, -0.2) is 0 Å². The SMILES string of the molecule is CC(C)(C)c1ccc(N(c2ccc(C(C)(C)C)cc2)c2cccc3c2sc2c4c(ccc23)C2(c3ccccc3-c3ccccc32)c2cccc3cccc-4c23)cc1. The van der Waals surface area contributed by atoms with E-state index in [0.717, 1.165) is 11.4 Å². The molecular formula is C55H45NS. The van der Waals surface area contributed by atoms with Gasteiger partial charge in [0.05, 0.1) is 15.8 Å². The summed E-state index contributed by atoms with van der Waals surface area (Å²) in [5.74, 6) is 0. The van der Waals surface area contributed by atoms with E-state index in [2.05, 4.69) is 210 Å². The molecule has 276 valence electrons. The van der Waals surface area contributed by atoms with Crippen molar-refractivity contribution < 1.29 is 0 Å². The quantitative estimate of drug-likeness (QED) is 0.174. The largest absolute Gasteiger partial charge is 0.309 e. The average Bonchev–Trinajstić information content (AvgIpc) is 3.74. The molecule has 0 aliphatic heterocycles. The lowest BCUT2D eigenvalue weighted by molar-refractivity contribution is 0.590. The van der Waals surface area contributed by atoms with E-state index < -0.39 is 5.41 Å². The van der Waals surface area contributed by atoms with Gasteiger partial charge in [-0.1, -0.05) is 175 Å². The van der Waals surface area contributed by atoms with Gasteiger partial charge in [-0.15, -0.1) is 11.3 Å². The summed E-state index contributed by atoms with van der Waals surface area (Å²) in [5.41, 5.74) is 16.8. The summed E-state index contributed by atoms with van der Waals surface area (Å²) >= 11 is 1.96. The van der Waals surface area contributed by atoms with Crippen LogP contribution >= 0.6 is 11.3 Å². The van der Waals surface area contributed by atoms with Crippen molar-refractivity contribution in [2.45, 2.75) is 57.8 Å². The second kappa shape index (κ2) is 12.0. The number of fused-ring (bicyclic) bond motifs is 13. The van der Waals surface area contributed by atoms with Crippen molar-refractivity contribution in [3.63, 3.8) is 0 Å². The first-order valence-corrected chi connectivity index (χ1v) is 21.1. The van der Waals surface area contributed by atoms with Crippen molar-refractivity contribution in [3.05, 3.63) is 197 Å². The van der Waals surface area contributed by atoms with Gasteiger partial charge in [-0.3, -0.25) is 0 Å². The average molecular weight is 752 g/mol. The molecule has 2 heteroatoms. The first kappa shape index (κ1) is 34.3. The maximum atomic E-state index is 2.48. The standard InChI is InChI=1S/C55H45NS/c1-53(2,3)35-24-28-37(29-25-35)56(38-30-26-36(27-31-38)54(4,5)6)48-23-13-18-41-42-32-33-47-50(52(42)57-51(41)48)43-19-11-14-34-15-12-22-46(49(34)43)55(47)44-20-9-7-16-39(44)40-17-8-10-21-45(40)55/h7-33H,1-6H3. The van der Waals surface area contributed by atoms with Crippen LogP contribution in [0.5, 0.6) is 0 Å². The van der Waals surface area contributed by atoms with E-state index in [4.69, 9.17) is 0 Å². The number of thiophene rings is 1. The molecule has 0 amide bonds. The van der Waals surface area contributed by atoms with Gasteiger partial charge in [0.2, 0.25) is 0 Å². The van der Waals surface area contributed by atoms with E-state index in [1.54, 1.807) is 0 Å². The van der Waals surface area contributed by atoms with Gasteiger partial charge in [-0.2, -0.15) is 0 Å². The summed E-state index contributed by atoms with van der Waals surface area (Å²) < 4.78 is 2.65. The van der Waals surface area contributed by atoms with Gasteiger partial charge >= 0.3 is 0 Å². The smallest absolute Gasteiger partial charge is 0.0726 e. The molecule has 1 heterocycles. The molecule has 2 aliphatic carbocycles. The van der Waals surface area contributed by atoms with E-state index in [0.29, 0.717) is 0 Å². The van der Waals surface area contributed by atoms with E-state index in [-0.39, 0.29) is 10.8 Å². The summed E-state index contributed by atoms with van der Waals surface area (Å²) in [5, 5.41) is 5.26. The topological polar surface area (TPSA) is 3.24 Å². The highest BCUT2D eigenvalue weighted by Gasteiger charge is 2.50. The van der Waals surface area contributed by atoms with Gasteiger partial charge < -0.3 is 4.90 Å². The first-order chi connectivity index (χ1) is 27.5. The predicted molar refractivity (Wildman–Crippen MR) is 245 cm³/mol. The Morgan fingerprint density at radius 1 is 0.421 bits per heavy atom. The van der Waals surface area contributed by atoms with E-state index in [9.17, 15) is 0 Å². The molecule has 9 aromatic rings. The van der Waals surface area contributed by atoms with Gasteiger partial charge in [0.15, 0.2) is 0 Å². The third kappa shape index (κ3) is 4.80. The molecule has 0 fully saturated rings. The zero-order valence-corrected chi connectivity index (χ0v) is 34.3. The van der Waals surface area contributed by atoms with E-state index >= 15 is 0 Å². The molecule has 0 bridgehead atoms. The van der Waals surface area contributed by atoms with Crippen LogP contribution in [0.3, 0.4) is 0 Å². The molecule has 0 unspecified atom stereocenters. The van der Waals surface area contributed by atoms with Crippen LogP contribution in [0.15, 0.2) is 164 Å². The molecule has 0 saturated carbocycles. The summed E-state index contributed by atoms with van der Waals surface area (Å²) in [6.45, 7) is 13.7. The Hall–Kier alpha value is -5.96. The van der Waals surface area contributed by atoms with Crippen molar-refractivity contribution in [1.29, 1.82) is 0 Å². The monoisotopic (exact) mass is 751 g/mol. The lowest BCUT2D eigenvalue weighted by Crippen LogP contribution is -2.31. The Balaban J connectivity index is 1.22. The Morgan fingerprint density at radius 2 is 0.930 bits per heavy atom. The Morgan fingerprint density at radius 3 is 1.53 bits per heavy atom. The minimum Gasteiger partial charge on any atom is -0.309 e. The number of rotatable bonds is 3. The van der Waals surface area contributed by atoms with Gasteiger partial charge in [0, 0.05) is 32.4 Å². The fourth-order valence-electron chi connectivity index (χ4n) is 10.1. The Labute approximate surface area is 339 Å². The molecule has 0 radical (unpaired) electrons. The van der Waals surface area contributed by atoms with Crippen molar-refractivity contribution >= 4 is 59.3 Å². The summed E-state index contributed by atoms with van der Waals surface area (Å²) in [7, 11) is 0. The third-order valence-electron chi connectivity index (χ3n) is 12.8. The first-order valence-electron chi connectivity index (χ1n) is 20.3.